The van der Waals surface area contributed by atoms with Gasteiger partial charge in [-0.2, -0.15) is 0 Å². The Bertz CT molecular complexity index is 562. The molecule has 2 rings (SSSR count). The first-order chi connectivity index (χ1) is 10.1. The fourth-order valence-corrected chi connectivity index (χ4v) is 2.73. The standard InChI is InChI=1S/C17H20N2O2/c1-4-9-14(5-2)19-12(3)16(20)18-15(17(19)21)13-10-7-6-8-11-13/h1,6-8,10-12,14-15H,5,9H2,2-3H3,(H,18,20). The molecule has 1 aromatic carbocycles. The van der Waals surface area contributed by atoms with Gasteiger partial charge in [0.05, 0.1) is 0 Å². The van der Waals surface area contributed by atoms with Crippen molar-refractivity contribution in [1.29, 1.82) is 0 Å². The molecule has 1 aliphatic heterocycles. The predicted molar refractivity (Wildman–Crippen MR) is 81.2 cm³/mol. The number of carbonyl (C=O) groups excluding carboxylic acids is 2. The number of hydrogen-bond acceptors (Lipinski definition) is 2. The molecule has 21 heavy (non-hydrogen) atoms. The van der Waals surface area contributed by atoms with Crippen LogP contribution in [0, 0.1) is 12.3 Å². The third kappa shape index (κ3) is 2.92. The Labute approximate surface area is 125 Å². The number of amides is 2. The van der Waals surface area contributed by atoms with Gasteiger partial charge in [0.2, 0.25) is 5.91 Å². The monoisotopic (exact) mass is 284 g/mol. The van der Waals surface area contributed by atoms with Crippen molar-refractivity contribution in [2.45, 2.75) is 44.8 Å². The number of nitrogens with one attached hydrogen (secondary N) is 1. The molecule has 0 radical (unpaired) electrons. The summed E-state index contributed by atoms with van der Waals surface area (Å²) in [5.41, 5.74) is 0.795. The molecule has 0 aliphatic carbocycles. The largest absolute Gasteiger partial charge is 0.339 e. The minimum Gasteiger partial charge on any atom is -0.339 e. The second kappa shape index (κ2) is 6.45. The van der Waals surface area contributed by atoms with Crippen LogP contribution >= 0.6 is 0 Å². The van der Waals surface area contributed by atoms with Gasteiger partial charge in [0.1, 0.15) is 12.1 Å². The average Bonchev–Trinajstić information content (AvgIpc) is 2.51. The molecular weight excluding hydrogens is 264 g/mol. The van der Waals surface area contributed by atoms with Gasteiger partial charge >= 0.3 is 0 Å². The lowest BCUT2D eigenvalue weighted by Crippen LogP contribution is -2.61. The van der Waals surface area contributed by atoms with Crippen molar-refractivity contribution in [1.82, 2.24) is 10.2 Å². The van der Waals surface area contributed by atoms with E-state index in [4.69, 9.17) is 6.42 Å². The summed E-state index contributed by atoms with van der Waals surface area (Å²) in [5, 5.41) is 2.80. The number of rotatable bonds is 4. The van der Waals surface area contributed by atoms with E-state index in [1.165, 1.54) is 0 Å². The van der Waals surface area contributed by atoms with E-state index in [2.05, 4.69) is 11.2 Å². The van der Waals surface area contributed by atoms with E-state index in [1.54, 1.807) is 11.8 Å². The van der Waals surface area contributed by atoms with Crippen LogP contribution in [0.4, 0.5) is 0 Å². The topological polar surface area (TPSA) is 49.4 Å². The maximum atomic E-state index is 12.8. The van der Waals surface area contributed by atoms with Gasteiger partial charge in [0, 0.05) is 12.5 Å². The van der Waals surface area contributed by atoms with Crippen LogP contribution in [0.5, 0.6) is 0 Å². The summed E-state index contributed by atoms with van der Waals surface area (Å²) in [4.78, 5) is 26.7. The van der Waals surface area contributed by atoms with E-state index in [0.717, 1.165) is 12.0 Å². The second-order valence-electron chi connectivity index (χ2n) is 5.24. The zero-order valence-electron chi connectivity index (χ0n) is 12.4. The molecule has 0 spiro atoms. The predicted octanol–water partition coefficient (Wildman–Crippen LogP) is 1.88. The van der Waals surface area contributed by atoms with E-state index in [1.807, 2.05) is 37.3 Å². The highest BCUT2D eigenvalue weighted by molar-refractivity contribution is 5.97. The Morgan fingerprint density at radius 3 is 2.57 bits per heavy atom. The summed E-state index contributed by atoms with van der Waals surface area (Å²) in [5.74, 6) is 2.37. The molecule has 1 saturated heterocycles. The first-order valence-electron chi connectivity index (χ1n) is 7.21. The number of benzene rings is 1. The summed E-state index contributed by atoms with van der Waals surface area (Å²) in [6.45, 7) is 3.72. The molecule has 2 amide bonds. The molecule has 3 atom stereocenters. The average molecular weight is 284 g/mol. The minimum atomic E-state index is -0.623. The molecule has 4 nitrogen and oxygen atoms in total. The maximum Gasteiger partial charge on any atom is 0.250 e. The van der Waals surface area contributed by atoms with Crippen LogP contribution in [0.2, 0.25) is 0 Å². The van der Waals surface area contributed by atoms with E-state index in [9.17, 15) is 9.59 Å². The summed E-state index contributed by atoms with van der Waals surface area (Å²) in [6.07, 6.45) is 6.59. The number of nitrogens with zero attached hydrogens (tertiary/aromatic N) is 1. The minimum absolute atomic E-state index is 0.0876. The Balaban J connectivity index is 2.34. The normalized spacial score (nSPS) is 23.4. The Kier molecular flexibility index (Phi) is 4.64. The summed E-state index contributed by atoms with van der Waals surface area (Å²) in [6, 6.07) is 8.07. The zero-order chi connectivity index (χ0) is 15.4. The lowest BCUT2D eigenvalue weighted by molar-refractivity contribution is -0.151. The summed E-state index contributed by atoms with van der Waals surface area (Å²) in [7, 11) is 0. The van der Waals surface area contributed by atoms with Crippen LogP contribution in [-0.2, 0) is 9.59 Å². The molecule has 0 bridgehead atoms. The highest BCUT2D eigenvalue weighted by atomic mass is 16.2. The number of hydrogen-bond donors (Lipinski definition) is 1. The van der Waals surface area contributed by atoms with Gasteiger partial charge in [0.25, 0.3) is 5.91 Å². The lowest BCUT2D eigenvalue weighted by Gasteiger charge is -2.41. The summed E-state index contributed by atoms with van der Waals surface area (Å²) < 4.78 is 0. The molecule has 4 heteroatoms. The van der Waals surface area contributed by atoms with Crippen LogP contribution in [0.1, 0.15) is 38.3 Å². The Morgan fingerprint density at radius 1 is 1.33 bits per heavy atom. The smallest absolute Gasteiger partial charge is 0.250 e. The number of piperazine rings is 1. The van der Waals surface area contributed by atoms with Crippen LogP contribution in [-0.4, -0.2) is 28.8 Å². The van der Waals surface area contributed by atoms with Crippen molar-refractivity contribution >= 4 is 11.8 Å². The molecule has 1 N–H and O–H groups in total. The highest BCUT2D eigenvalue weighted by Gasteiger charge is 2.41. The van der Waals surface area contributed by atoms with Crippen LogP contribution in [0.25, 0.3) is 0 Å². The Morgan fingerprint density at radius 2 is 2.00 bits per heavy atom. The quantitative estimate of drug-likeness (QED) is 0.858. The van der Waals surface area contributed by atoms with Crippen molar-refractivity contribution in [3.63, 3.8) is 0 Å². The SMILES string of the molecule is C#CCC(CC)N1C(=O)C(c2ccccc2)NC(=O)C1C. The highest BCUT2D eigenvalue weighted by Crippen LogP contribution is 2.25. The van der Waals surface area contributed by atoms with Crippen molar-refractivity contribution in [2.24, 2.45) is 0 Å². The maximum absolute atomic E-state index is 12.8. The van der Waals surface area contributed by atoms with E-state index >= 15 is 0 Å². The molecule has 3 unspecified atom stereocenters. The number of terminal acetylenes is 1. The van der Waals surface area contributed by atoms with Gasteiger partial charge < -0.3 is 10.2 Å². The first kappa shape index (κ1) is 15.1. The molecule has 0 aromatic heterocycles. The van der Waals surface area contributed by atoms with E-state index in [-0.39, 0.29) is 17.9 Å². The molecule has 1 fully saturated rings. The molecule has 1 heterocycles. The first-order valence-corrected chi connectivity index (χ1v) is 7.21. The van der Waals surface area contributed by atoms with Crippen molar-refractivity contribution in [3.05, 3.63) is 35.9 Å². The van der Waals surface area contributed by atoms with Crippen LogP contribution in [0.15, 0.2) is 30.3 Å². The molecule has 110 valence electrons. The fraction of sp³-hybridized carbons (Fsp3) is 0.412. The molecular formula is C17H20N2O2. The van der Waals surface area contributed by atoms with Gasteiger partial charge in [-0.05, 0) is 18.9 Å². The zero-order valence-corrected chi connectivity index (χ0v) is 12.4. The third-order valence-electron chi connectivity index (χ3n) is 3.94. The van der Waals surface area contributed by atoms with Crippen molar-refractivity contribution in [3.8, 4) is 12.3 Å². The second-order valence-corrected chi connectivity index (χ2v) is 5.24. The van der Waals surface area contributed by atoms with Gasteiger partial charge in [-0.1, -0.05) is 37.3 Å². The lowest BCUT2D eigenvalue weighted by atomic mass is 9.97. The fourth-order valence-electron chi connectivity index (χ4n) is 2.73. The molecule has 1 aromatic rings. The Hall–Kier alpha value is -2.28. The van der Waals surface area contributed by atoms with Gasteiger partial charge in [-0.3, -0.25) is 9.59 Å². The third-order valence-corrected chi connectivity index (χ3v) is 3.94. The summed E-state index contributed by atoms with van der Waals surface area (Å²) >= 11 is 0. The van der Waals surface area contributed by atoms with Gasteiger partial charge in [0.15, 0.2) is 0 Å². The molecule has 0 saturated carbocycles. The van der Waals surface area contributed by atoms with Gasteiger partial charge in [-0.15, -0.1) is 12.3 Å². The van der Waals surface area contributed by atoms with E-state index in [0.29, 0.717) is 6.42 Å². The van der Waals surface area contributed by atoms with Crippen LogP contribution < -0.4 is 5.32 Å². The van der Waals surface area contributed by atoms with Gasteiger partial charge in [-0.25, -0.2) is 0 Å². The van der Waals surface area contributed by atoms with Crippen molar-refractivity contribution in [2.75, 3.05) is 0 Å². The van der Waals surface area contributed by atoms with Crippen molar-refractivity contribution < 1.29 is 9.59 Å². The number of carbonyl (C=O) groups is 2. The molecule has 1 aliphatic rings. The van der Waals surface area contributed by atoms with Crippen LogP contribution in [0.3, 0.4) is 0 Å². The van der Waals surface area contributed by atoms with E-state index < -0.39 is 12.1 Å².